The van der Waals surface area contributed by atoms with Gasteiger partial charge in [0.2, 0.25) is 0 Å². The number of rotatable bonds is 9. The molecular formula is C27H23F3O3. The van der Waals surface area contributed by atoms with Gasteiger partial charge in [-0.1, -0.05) is 61.7 Å². The van der Waals surface area contributed by atoms with Crippen LogP contribution < -0.4 is 0 Å². The maximum Gasteiger partial charge on any atom is 0.168 e. The van der Waals surface area contributed by atoms with E-state index in [-0.39, 0.29) is 35.0 Å². The van der Waals surface area contributed by atoms with Crippen LogP contribution in [-0.2, 0) is 16.1 Å². The quantitative estimate of drug-likeness (QED) is 0.271. The number of phenolic OH excluding ortho intramolecular Hbond substituents is 1. The first-order valence-corrected chi connectivity index (χ1v) is 10.2. The third kappa shape index (κ3) is 5.86. The molecule has 0 saturated carbocycles. The summed E-state index contributed by atoms with van der Waals surface area (Å²) >= 11 is 0. The van der Waals surface area contributed by atoms with Crippen LogP contribution in [-0.4, -0.2) is 11.7 Å². The van der Waals surface area contributed by atoms with Crippen LogP contribution in [0.25, 0.3) is 22.3 Å². The van der Waals surface area contributed by atoms with Crippen LogP contribution in [0.15, 0.2) is 97.2 Å². The molecule has 0 unspecified atom stereocenters. The lowest BCUT2D eigenvalue weighted by Crippen LogP contribution is -1.96. The van der Waals surface area contributed by atoms with Crippen molar-refractivity contribution in [2.75, 3.05) is 6.61 Å². The molecule has 3 aromatic rings. The predicted molar refractivity (Wildman–Crippen MR) is 123 cm³/mol. The van der Waals surface area contributed by atoms with Gasteiger partial charge in [0.1, 0.15) is 23.9 Å². The highest BCUT2D eigenvalue weighted by Crippen LogP contribution is 2.32. The summed E-state index contributed by atoms with van der Waals surface area (Å²) < 4.78 is 53.9. The lowest BCUT2D eigenvalue weighted by atomic mass is 9.98. The molecule has 0 radical (unpaired) electrons. The van der Waals surface area contributed by atoms with Crippen LogP contribution in [0.2, 0.25) is 0 Å². The summed E-state index contributed by atoms with van der Waals surface area (Å²) in [5.74, 6) is -2.61. The van der Waals surface area contributed by atoms with E-state index < -0.39 is 17.5 Å². The van der Waals surface area contributed by atoms with Gasteiger partial charge in [0.25, 0.3) is 0 Å². The summed E-state index contributed by atoms with van der Waals surface area (Å²) in [5, 5.41) is 9.38. The topological polar surface area (TPSA) is 38.7 Å². The fraction of sp³-hybridized carbons (Fsp3) is 0.111. The van der Waals surface area contributed by atoms with Gasteiger partial charge in [-0.3, -0.25) is 0 Å². The second-order valence-electron chi connectivity index (χ2n) is 7.14. The van der Waals surface area contributed by atoms with Crippen molar-refractivity contribution < 1.29 is 27.8 Å². The highest BCUT2D eigenvalue weighted by molar-refractivity contribution is 5.72. The molecule has 0 saturated heterocycles. The molecule has 0 fully saturated rings. The van der Waals surface area contributed by atoms with Gasteiger partial charge in [0.05, 0.1) is 6.61 Å². The number of benzene rings is 3. The van der Waals surface area contributed by atoms with Crippen molar-refractivity contribution >= 4 is 0 Å². The van der Waals surface area contributed by atoms with E-state index in [1.54, 1.807) is 31.2 Å². The van der Waals surface area contributed by atoms with Gasteiger partial charge >= 0.3 is 0 Å². The first-order valence-electron chi connectivity index (χ1n) is 10.2. The normalized spacial score (nSPS) is 11.2. The maximum atomic E-state index is 14.8. The summed E-state index contributed by atoms with van der Waals surface area (Å²) in [7, 11) is 0. The van der Waals surface area contributed by atoms with E-state index >= 15 is 0 Å². The second kappa shape index (κ2) is 10.6. The molecule has 33 heavy (non-hydrogen) atoms. The van der Waals surface area contributed by atoms with E-state index in [2.05, 4.69) is 13.2 Å². The monoisotopic (exact) mass is 452 g/mol. The molecule has 170 valence electrons. The Bertz CT molecular complexity index is 1180. The average molecular weight is 452 g/mol. The van der Waals surface area contributed by atoms with Crippen molar-refractivity contribution in [1.82, 2.24) is 0 Å². The molecule has 3 rings (SSSR count). The minimum atomic E-state index is -0.974. The van der Waals surface area contributed by atoms with E-state index in [0.29, 0.717) is 23.3 Å². The molecule has 3 aromatic carbocycles. The Morgan fingerprint density at radius 2 is 1.36 bits per heavy atom. The third-order valence-electron chi connectivity index (χ3n) is 4.82. The molecule has 0 aliphatic rings. The average Bonchev–Trinajstić information content (AvgIpc) is 2.80. The van der Waals surface area contributed by atoms with E-state index in [1.165, 1.54) is 36.4 Å². The van der Waals surface area contributed by atoms with Crippen LogP contribution in [0.4, 0.5) is 13.2 Å². The fourth-order valence-electron chi connectivity index (χ4n) is 3.11. The number of ether oxygens (including phenoxy) is 2. The van der Waals surface area contributed by atoms with Crippen LogP contribution in [0, 0.1) is 11.6 Å². The predicted octanol–water partition coefficient (Wildman–Crippen LogP) is 7.44. The molecule has 0 aliphatic carbocycles. The number of aromatic hydroxyl groups is 1. The maximum absolute atomic E-state index is 14.8. The van der Waals surface area contributed by atoms with Gasteiger partial charge in [0.15, 0.2) is 17.5 Å². The third-order valence-corrected chi connectivity index (χ3v) is 4.82. The Kier molecular flexibility index (Phi) is 7.61. The number of allylic oxidation sites excluding steroid dienone is 2. The van der Waals surface area contributed by atoms with Gasteiger partial charge in [-0.05, 0) is 35.7 Å². The van der Waals surface area contributed by atoms with Crippen molar-refractivity contribution in [2.24, 2.45) is 0 Å². The van der Waals surface area contributed by atoms with Gasteiger partial charge in [0, 0.05) is 17.2 Å². The molecule has 6 heteroatoms. The van der Waals surface area contributed by atoms with Crippen molar-refractivity contribution in [3.63, 3.8) is 0 Å². The lowest BCUT2D eigenvalue weighted by molar-refractivity contribution is 0.195. The molecule has 0 aromatic heterocycles. The summed E-state index contributed by atoms with van der Waals surface area (Å²) in [4.78, 5) is 0. The van der Waals surface area contributed by atoms with Crippen molar-refractivity contribution in [1.29, 1.82) is 0 Å². The van der Waals surface area contributed by atoms with Crippen molar-refractivity contribution in [3.05, 3.63) is 114 Å². The molecule has 0 heterocycles. The van der Waals surface area contributed by atoms with Crippen LogP contribution in [0.5, 0.6) is 5.75 Å². The zero-order chi connectivity index (χ0) is 24.0. The molecule has 1 N–H and O–H groups in total. The van der Waals surface area contributed by atoms with E-state index in [4.69, 9.17) is 9.47 Å². The number of halogens is 3. The van der Waals surface area contributed by atoms with E-state index in [0.717, 1.165) is 6.08 Å². The number of hydrogen-bond acceptors (Lipinski definition) is 3. The second-order valence-corrected chi connectivity index (χ2v) is 7.14. The SMILES string of the molecule is C=C(/C=C(/F)C(=C)OCc1ccc(-c2ccc(-c3ccc(O)cc3)c(F)c2F)cc1)OCC. The minimum Gasteiger partial charge on any atom is -0.508 e. The molecular weight excluding hydrogens is 429 g/mol. The van der Waals surface area contributed by atoms with Crippen molar-refractivity contribution in [3.8, 4) is 28.0 Å². The Morgan fingerprint density at radius 1 is 0.848 bits per heavy atom. The Balaban J connectivity index is 1.71. The summed E-state index contributed by atoms with van der Waals surface area (Å²) in [5.41, 5.74) is 1.83. The number of hydrogen-bond donors (Lipinski definition) is 1. The molecule has 0 bridgehead atoms. The highest BCUT2D eigenvalue weighted by Gasteiger charge is 2.16. The first-order chi connectivity index (χ1) is 15.8. The largest absolute Gasteiger partial charge is 0.508 e. The molecule has 0 aliphatic heterocycles. The Hall–Kier alpha value is -3.93. The van der Waals surface area contributed by atoms with E-state index in [1.807, 2.05) is 0 Å². The standard InChI is InChI=1S/C27H23F3O3/c1-4-32-17(2)15-25(28)18(3)33-16-19-5-7-20(8-6-19)23-13-14-24(27(30)26(23)29)21-9-11-22(31)12-10-21/h5-15,31H,2-4,16H2,1H3/b25-15+. The van der Waals surface area contributed by atoms with Gasteiger partial charge in [-0.25, -0.2) is 13.2 Å². The van der Waals surface area contributed by atoms with Gasteiger partial charge in [-0.15, -0.1) is 0 Å². The van der Waals surface area contributed by atoms with Gasteiger partial charge in [-0.2, -0.15) is 0 Å². The van der Waals surface area contributed by atoms with Gasteiger partial charge < -0.3 is 14.6 Å². The van der Waals surface area contributed by atoms with Crippen molar-refractivity contribution in [2.45, 2.75) is 13.5 Å². The summed E-state index contributed by atoms with van der Waals surface area (Å²) in [6.07, 6.45) is 1.09. The van der Waals surface area contributed by atoms with Crippen LogP contribution in [0.3, 0.4) is 0 Å². The smallest absolute Gasteiger partial charge is 0.168 e. The summed E-state index contributed by atoms with van der Waals surface area (Å²) in [6.45, 7) is 9.27. The molecule has 0 spiro atoms. The van der Waals surface area contributed by atoms with Crippen LogP contribution >= 0.6 is 0 Å². The lowest BCUT2D eigenvalue weighted by Gasteiger charge is -2.11. The van der Waals surface area contributed by atoms with Crippen LogP contribution in [0.1, 0.15) is 12.5 Å². The highest BCUT2D eigenvalue weighted by atomic mass is 19.2. The van der Waals surface area contributed by atoms with E-state index in [9.17, 15) is 18.3 Å². The zero-order valence-electron chi connectivity index (χ0n) is 18.1. The molecule has 3 nitrogen and oxygen atoms in total. The Labute approximate surface area is 190 Å². The molecule has 0 atom stereocenters. The number of phenols is 1. The first kappa shape index (κ1) is 23.7. The Morgan fingerprint density at radius 3 is 1.88 bits per heavy atom. The summed E-state index contributed by atoms with van der Waals surface area (Å²) in [6, 6.07) is 15.4. The minimum absolute atomic E-state index is 0.0398. The fourth-order valence-corrected chi connectivity index (χ4v) is 3.11. The zero-order valence-corrected chi connectivity index (χ0v) is 18.1. The molecule has 0 amide bonds.